The van der Waals surface area contributed by atoms with Crippen LogP contribution < -0.4 is 20.1 Å². The number of esters is 1. The van der Waals surface area contributed by atoms with E-state index in [0.717, 1.165) is 36.6 Å². The van der Waals surface area contributed by atoms with E-state index >= 15 is 0 Å². The maximum Gasteiger partial charge on any atom is 0.501 e. The normalized spacial score (nSPS) is 25.9. The third kappa shape index (κ3) is 6.67. The average Bonchev–Trinajstić information content (AvgIpc) is 3.63. The number of hydrogen-bond donors (Lipinski definition) is 2. The van der Waals surface area contributed by atoms with Gasteiger partial charge >= 0.3 is 11.5 Å². The van der Waals surface area contributed by atoms with Gasteiger partial charge in [0.15, 0.2) is 0 Å². The van der Waals surface area contributed by atoms with Gasteiger partial charge in [-0.3, -0.25) is 14.4 Å². The van der Waals surface area contributed by atoms with Gasteiger partial charge in [-0.1, -0.05) is 6.07 Å². The smallest absolute Gasteiger partial charge is 0.496 e. The highest BCUT2D eigenvalue weighted by atomic mass is 32.2. The van der Waals surface area contributed by atoms with Crippen molar-refractivity contribution in [3.05, 3.63) is 47.5 Å². The Morgan fingerprint density at radius 1 is 0.913 bits per heavy atom. The zero-order chi connectivity index (χ0) is 33.4. The quantitative estimate of drug-likeness (QED) is 0.349. The largest absolute Gasteiger partial charge is 0.501 e. The van der Waals surface area contributed by atoms with Gasteiger partial charge in [0.2, 0.25) is 5.91 Å². The minimum Gasteiger partial charge on any atom is -0.496 e. The summed E-state index contributed by atoms with van der Waals surface area (Å²) in [5, 5.41) is 5.60. The Bertz CT molecular complexity index is 1600. The van der Waals surface area contributed by atoms with Crippen LogP contribution in [0.4, 0.5) is 18.9 Å². The van der Waals surface area contributed by atoms with E-state index in [4.69, 9.17) is 14.2 Å². The number of rotatable bonds is 9. The zero-order valence-electron chi connectivity index (χ0n) is 25.7. The number of benzene rings is 2. The molecule has 2 N–H and O–H groups in total. The van der Waals surface area contributed by atoms with Crippen LogP contribution in [0.25, 0.3) is 0 Å². The molecule has 2 bridgehead atoms. The fourth-order valence-electron chi connectivity index (χ4n) is 7.10. The molecular formula is C32H37F3N2O8S. The van der Waals surface area contributed by atoms with Gasteiger partial charge in [-0.05, 0) is 99.6 Å². The first-order chi connectivity index (χ1) is 21.7. The topological polar surface area (TPSA) is 137 Å². The number of methoxy groups -OCH3 is 2. The van der Waals surface area contributed by atoms with Crippen molar-refractivity contribution in [2.45, 2.75) is 74.4 Å². The van der Waals surface area contributed by atoms with Crippen LogP contribution in [0.5, 0.6) is 11.5 Å². The number of nitrogens with one attached hydrogen (secondary N) is 2. The molecule has 250 valence electrons. The molecule has 0 saturated heterocycles. The minimum atomic E-state index is -5.60. The predicted octanol–water partition coefficient (Wildman–Crippen LogP) is 5.19. The van der Waals surface area contributed by atoms with Crippen LogP contribution in [0, 0.1) is 30.6 Å². The summed E-state index contributed by atoms with van der Waals surface area (Å²) in [6, 6.07) is 6.80. The molecule has 3 fully saturated rings. The Labute approximate surface area is 265 Å². The monoisotopic (exact) mass is 666 g/mol. The van der Waals surface area contributed by atoms with Crippen LogP contribution in [0.1, 0.15) is 60.9 Å². The van der Waals surface area contributed by atoms with Gasteiger partial charge in [-0.2, -0.15) is 13.2 Å². The number of anilines is 1. The molecule has 0 aliphatic heterocycles. The van der Waals surface area contributed by atoms with Crippen molar-refractivity contribution in [2.75, 3.05) is 19.5 Å². The van der Waals surface area contributed by atoms with Crippen molar-refractivity contribution in [1.29, 1.82) is 0 Å². The average molecular weight is 667 g/mol. The number of ether oxygens (including phenoxy) is 3. The fraction of sp³-hybridized carbons (Fsp3) is 0.531. The van der Waals surface area contributed by atoms with Gasteiger partial charge in [0.05, 0.1) is 42.6 Å². The van der Waals surface area contributed by atoms with Crippen molar-refractivity contribution in [2.24, 2.45) is 23.7 Å². The molecule has 2 amide bonds. The first-order valence-corrected chi connectivity index (χ1v) is 16.7. The third-order valence-electron chi connectivity index (χ3n) is 9.48. The number of hydrogen-bond acceptors (Lipinski definition) is 8. The number of carbonyl (C=O) groups is 3. The molecule has 5 rings (SSSR count). The molecule has 0 radical (unpaired) electrons. The molecule has 0 aromatic heterocycles. The number of aryl methyl sites for hydroxylation is 1. The van der Waals surface area contributed by atoms with Crippen molar-refractivity contribution < 1.29 is 50.2 Å². The lowest BCUT2D eigenvalue weighted by molar-refractivity contribution is -0.147. The SMILES string of the molecule is COC(=O)C1CCC(Oc2cc(C(=O)N[C@@H]3[C@H]4CC[C@H](C4)[C@@H]3C(=O)Nc3cccc(S(=O)(=O)C(F)(F)F)c3)c(OC)cc2C)CC1. The third-order valence-corrected chi connectivity index (χ3v) is 11.0. The first kappa shape index (κ1) is 33.6. The Hall–Kier alpha value is -3.81. The van der Waals surface area contributed by atoms with E-state index in [1.165, 1.54) is 20.3 Å². The van der Waals surface area contributed by atoms with Crippen LogP contribution in [-0.2, 0) is 24.2 Å². The predicted molar refractivity (Wildman–Crippen MR) is 160 cm³/mol. The van der Waals surface area contributed by atoms with Crippen LogP contribution in [0.15, 0.2) is 41.3 Å². The lowest BCUT2D eigenvalue weighted by Crippen LogP contribution is -2.48. The molecule has 0 spiro atoms. The number of sulfone groups is 1. The Morgan fingerprint density at radius 2 is 1.61 bits per heavy atom. The molecule has 2 aromatic carbocycles. The molecule has 3 aliphatic rings. The van der Waals surface area contributed by atoms with Crippen LogP contribution in [-0.4, -0.2) is 58.1 Å². The molecule has 46 heavy (non-hydrogen) atoms. The summed E-state index contributed by atoms with van der Waals surface area (Å²) in [6.45, 7) is 1.84. The first-order valence-electron chi connectivity index (χ1n) is 15.2. The highest BCUT2D eigenvalue weighted by Gasteiger charge is 2.52. The molecular weight excluding hydrogens is 629 g/mol. The highest BCUT2D eigenvalue weighted by Crippen LogP contribution is 2.49. The summed E-state index contributed by atoms with van der Waals surface area (Å²) < 4.78 is 79.7. The van der Waals surface area contributed by atoms with Gasteiger partial charge in [0.25, 0.3) is 15.7 Å². The summed E-state index contributed by atoms with van der Waals surface area (Å²) in [5.74, 6) is -1.27. The Balaban J connectivity index is 1.31. The lowest BCUT2D eigenvalue weighted by atomic mass is 9.83. The maximum atomic E-state index is 13.7. The number of carbonyl (C=O) groups excluding carboxylic acids is 3. The number of fused-ring (bicyclic) bond motifs is 2. The van der Waals surface area contributed by atoms with Gasteiger partial charge < -0.3 is 24.8 Å². The minimum absolute atomic E-state index is 0.0128. The maximum absolute atomic E-state index is 13.7. The van der Waals surface area contributed by atoms with Gasteiger partial charge in [0, 0.05) is 11.7 Å². The second-order valence-electron chi connectivity index (χ2n) is 12.3. The number of amides is 2. The Kier molecular flexibility index (Phi) is 9.57. The molecule has 0 unspecified atom stereocenters. The van der Waals surface area contributed by atoms with E-state index < -0.39 is 44.0 Å². The second kappa shape index (κ2) is 13.1. The van der Waals surface area contributed by atoms with Crippen molar-refractivity contribution >= 4 is 33.3 Å². The van der Waals surface area contributed by atoms with Crippen LogP contribution in [0.2, 0.25) is 0 Å². The molecule has 4 atom stereocenters. The molecule has 10 nitrogen and oxygen atoms in total. The van der Waals surface area contributed by atoms with E-state index in [9.17, 15) is 36.0 Å². The van der Waals surface area contributed by atoms with Crippen molar-refractivity contribution in [3.63, 3.8) is 0 Å². The van der Waals surface area contributed by atoms with E-state index in [2.05, 4.69) is 10.6 Å². The number of alkyl halides is 3. The Morgan fingerprint density at radius 3 is 2.26 bits per heavy atom. The van der Waals surface area contributed by atoms with Crippen molar-refractivity contribution in [1.82, 2.24) is 5.32 Å². The summed E-state index contributed by atoms with van der Waals surface area (Å²) >= 11 is 0. The fourth-order valence-corrected chi connectivity index (χ4v) is 7.91. The summed E-state index contributed by atoms with van der Waals surface area (Å²) in [5.41, 5.74) is -4.60. The van der Waals surface area contributed by atoms with E-state index in [1.807, 2.05) is 6.92 Å². The van der Waals surface area contributed by atoms with Gasteiger partial charge in [-0.15, -0.1) is 0 Å². The molecule has 0 heterocycles. The summed E-state index contributed by atoms with van der Waals surface area (Å²) in [4.78, 5) is 38.2. The molecule has 14 heteroatoms. The summed E-state index contributed by atoms with van der Waals surface area (Å²) in [6.07, 6.45) is 4.67. The molecule has 2 aromatic rings. The van der Waals surface area contributed by atoms with Crippen LogP contribution >= 0.6 is 0 Å². The lowest BCUT2D eigenvalue weighted by Gasteiger charge is -2.31. The number of halogens is 3. The molecule has 3 saturated carbocycles. The van der Waals surface area contributed by atoms with Crippen molar-refractivity contribution in [3.8, 4) is 11.5 Å². The summed E-state index contributed by atoms with van der Waals surface area (Å²) in [7, 11) is -2.78. The zero-order valence-corrected chi connectivity index (χ0v) is 26.5. The highest BCUT2D eigenvalue weighted by molar-refractivity contribution is 7.92. The second-order valence-corrected chi connectivity index (χ2v) is 14.2. The molecule has 3 aliphatic carbocycles. The van der Waals surface area contributed by atoms with Gasteiger partial charge in [-0.25, -0.2) is 8.42 Å². The standard InChI is InChI=1S/C32H37F3N2O8S/c1-17-13-26(43-2)24(16-25(17)45-22-11-9-18(10-12-22)31(40)44-3)29(38)37-28-20-8-7-19(14-20)27(28)30(39)36-21-5-4-6-23(15-21)46(41,42)32(33,34)35/h4-6,13,15-16,18-20,22,27-28H,7-12,14H2,1-3H3,(H,36,39)(H,37,38)/t18?,19-,20+,22?,27+,28-/m1/s1. The van der Waals surface area contributed by atoms with E-state index in [1.54, 1.807) is 12.1 Å². The van der Waals surface area contributed by atoms with Gasteiger partial charge in [0.1, 0.15) is 11.5 Å². The van der Waals surface area contributed by atoms with E-state index in [0.29, 0.717) is 43.6 Å². The van der Waals surface area contributed by atoms with E-state index in [-0.39, 0.29) is 41.1 Å². The van der Waals surface area contributed by atoms with Crippen LogP contribution in [0.3, 0.4) is 0 Å².